The minimum atomic E-state index is -0.903. The molecule has 1 heterocycles. The Morgan fingerprint density at radius 1 is 1.03 bits per heavy atom. The molecule has 0 radical (unpaired) electrons. The summed E-state index contributed by atoms with van der Waals surface area (Å²) in [7, 11) is 1.32. The summed E-state index contributed by atoms with van der Waals surface area (Å²) in [6, 6.07) is 21.8. The average molecular weight is 465 g/mol. The van der Waals surface area contributed by atoms with Gasteiger partial charge >= 0.3 is 5.97 Å². The summed E-state index contributed by atoms with van der Waals surface area (Å²) in [5.41, 5.74) is 2.96. The number of nitrogens with zero attached hydrogens (tertiary/aromatic N) is 1. The fourth-order valence-corrected chi connectivity index (χ4v) is 4.54. The molecule has 0 aliphatic heterocycles. The summed E-state index contributed by atoms with van der Waals surface area (Å²) in [6.07, 6.45) is 3.66. The van der Waals surface area contributed by atoms with Gasteiger partial charge in [0, 0.05) is 17.5 Å². The molecule has 0 unspecified atom stereocenters. The predicted molar refractivity (Wildman–Crippen MR) is 132 cm³/mol. The minimum absolute atomic E-state index is 0.338. The number of hydrogen-bond acceptors (Lipinski definition) is 6. The van der Waals surface area contributed by atoms with Crippen LogP contribution in [-0.2, 0) is 9.53 Å². The van der Waals surface area contributed by atoms with Gasteiger partial charge in [-0.1, -0.05) is 66.4 Å². The minimum Gasteiger partial charge on any atom is -0.467 e. The molecule has 1 aromatic heterocycles. The molecule has 164 valence electrons. The maximum atomic E-state index is 13.3. The summed E-state index contributed by atoms with van der Waals surface area (Å²) in [5.74, 6) is -0.299. The molecule has 0 fully saturated rings. The zero-order chi connectivity index (χ0) is 22.8. The van der Waals surface area contributed by atoms with Crippen LogP contribution in [0.3, 0.4) is 0 Å². The first-order valence-corrected chi connectivity index (χ1v) is 12.2. The molecule has 7 heteroatoms. The number of carbonyl (C=O) groups excluding carboxylic acids is 2. The summed E-state index contributed by atoms with van der Waals surface area (Å²) >= 11 is 2.96. The van der Waals surface area contributed by atoms with Gasteiger partial charge in [-0.25, -0.2) is 9.78 Å². The molecular formula is C25H24N2O3S2. The van der Waals surface area contributed by atoms with Crippen LogP contribution in [0.15, 0.2) is 95.0 Å². The number of carbonyl (C=O) groups is 2. The van der Waals surface area contributed by atoms with E-state index in [-0.39, 0.29) is 5.91 Å². The Balaban J connectivity index is 1.90. The topological polar surface area (TPSA) is 68.3 Å². The predicted octanol–water partition coefficient (Wildman–Crippen LogP) is 5.06. The van der Waals surface area contributed by atoms with E-state index in [0.717, 1.165) is 21.7 Å². The SMILES string of the molecule is COC(=O)[C@@H](NC(=O)c1ccccc1-c1ccccc1)C(=CSc1ccccn1)CSC. The lowest BCUT2D eigenvalue weighted by Gasteiger charge is -2.20. The Bertz CT molecular complexity index is 1070. The van der Waals surface area contributed by atoms with Gasteiger partial charge in [-0.3, -0.25) is 4.79 Å². The number of nitrogens with one attached hydrogen (secondary N) is 1. The van der Waals surface area contributed by atoms with Gasteiger partial charge in [0.05, 0.1) is 7.11 Å². The van der Waals surface area contributed by atoms with Crippen molar-refractivity contribution < 1.29 is 14.3 Å². The van der Waals surface area contributed by atoms with Crippen LogP contribution in [0.2, 0.25) is 0 Å². The van der Waals surface area contributed by atoms with Gasteiger partial charge in [-0.15, -0.1) is 0 Å². The second-order valence-corrected chi connectivity index (χ2v) is 8.51. The van der Waals surface area contributed by atoms with Crippen molar-refractivity contribution >= 4 is 35.4 Å². The van der Waals surface area contributed by atoms with Crippen molar-refractivity contribution in [3.8, 4) is 11.1 Å². The number of amides is 1. The highest BCUT2D eigenvalue weighted by Gasteiger charge is 2.27. The van der Waals surface area contributed by atoms with E-state index < -0.39 is 12.0 Å². The van der Waals surface area contributed by atoms with E-state index in [0.29, 0.717) is 11.3 Å². The molecule has 2 aromatic carbocycles. The summed E-state index contributed by atoms with van der Waals surface area (Å²) in [4.78, 5) is 30.2. The molecule has 0 aliphatic carbocycles. The lowest BCUT2D eigenvalue weighted by atomic mass is 9.98. The van der Waals surface area contributed by atoms with E-state index in [9.17, 15) is 9.59 Å². The quantitative estimate of drug-likeness (QED) is 0.353. The van der Waals surface area contributed by atoms with Gasteiger partial charge < -0.3 is 10.1 Å². The molecule has 0 saturated carbocycles. The van der Waals surface area contributed by atoms with Gasteiger partial charge in [-0.2, -0.15) is 11.8 Å². The number of methoxy groups -OCH3 is 1. The van der Waals surface area contributed by atoms with Crippen molar-refractivity contribution in [1.82, 2.24) is 10.3 Å². The number of aromatic nitrogens is 1. The molecular weight excluding hydrogens is 440 g/mol. The first-order valence-electron chi connectivity index (χ1n) is 9.92. The second kappa shape index (κ2) is 12.1. The standard InChI is InChI=1S/C25H24N2O3S2/c1-30-25(29)23(19(16-31-2)17-32-22-14-8-9-15-26-22)27-24(28)21-13-7-6-12-20(21)18-10-4-3-5-11-18/h3-15,17,23H,16H2,1-2H3,(H,27,28)/t23-/m0/s1. The number of pyridine rings is 1. The van der Waals surface area contributed by atoms with Gasteiger partial charge in [0.25, 0.3) is 5.91 Å². The third-order valence-corrected chi connectivity index (χ3v) is 6.14. The molecule has 0 aliphatic rings. The van der Waals surface area contributed by atoms with E-state index in [1.54, 1.807) is 24.0 Å². The first kappa shape index (κ1) is 23.6. The Labute approximate surface area is 196 Å². The first-order chi connectivity index (χ1) is 15.6. The van der Waals surface area contributed by atoms with Crippen LogP contribution in [0.5, 0.6) is 0 Å². The molecule has 3 rings (SSSR count). The van der Waals surface area contributed by atoms with Gasteiger partial charge in [0.15, 0.2) is 6.04 Å². The van der Waals surface area contributed by atoms with Crippen molar-refractivity contribution in [2.24, 2.45) is 0 Å². The third kappa shape index (κ3) is 6.24. The largest absolute Gasteiger partial charge is 0.467 e. The molecule has 1 amide bonds. The lowest BCUT2D eigenvalue weighted by molar-refractivity contribution is -0.141. The van der Waals surface area contributed by atoms with Gasteiger partial charge in [-0.05, 0) is 46.6 Å². The summed E-state index contributed by atoms with van der Waals surface area (Å²) in [5, 5.41) is 5.55. The summed E-state index contributed by atoms with van der Waals surface area (Å²) in [6.45, 7) is 0. The fraction of sp³-hybridized carbons (Fsp3) is 0.160. The maximum Gasteiger partial charge on any atom is 0.332 e. The molecule has 3 aromatic rings. The number of thioether (sulfide) groups is 2. The van der Waals surface area contributed by atoms with Crippen molar-refractivity contribution in [3.05, 3.63) is 95.5 Å². The van der Waals surface area contributed by atoms with E-state index >= 15 is 0 Å². The molecule has 0 saturated heterocycles. The summed E-state index contributed by atoms with van der Waals surface area (Å²) < 4.78 is 5.01. The third-order valence-electron chi connectivity index (χ3n) is 4.62. The van der Waals surface area contributed by atoms with Crippen LogP contribution in [-0.4, -0.2) is 42.0 Å². The Morgan fingerprint density at radius 3 is 2.44 bits per heavy atom. The van der Waals surface area contributed by atoms with Crippen molar-refractivity contribution in [2.75, 3.05) is 19.1 Å². The fourth-order valence-electron chi connectivity index (χ4n) is 3.09. The monoisotopic (exact) mass is 464 g/mol. The zero-order valence-electron chi connectivity index (χ0n) is 17.9. The Kier molecular flexibility index (Phi) is 8.95. The number of benzene rings is 2. The number of ether oxygens (including phenoxy) is 1. The molecule has 0 spiro atoms. The van der Waals surface area contributed by atoms with E-state index in [1.165, 1.54) is 18.9 Å². The molecule has 1 atom stereocenters. The lowest BCUT2D eigenvalue weighted by Crippen LogP contribution is -2.43. The maximum absolute atomic E-state index is 13.3. The zero-order valence-corrected chi connectivity index (χ0v) is 19.5. The molecule has 1 N–H and O–H groups in total. The Hall–Kier alpha value is -3.03. The number of rotatable bonds is 9. The smallest absolute Gasteiger partial charge is 0.332 e. The number of esters is 1. The van der Waals surface area contributed by atoms with Crippen molar-refractivity contribution in [2.45, 2.75) is 11.1 Å². The Morgan fingerprint density at radius 2 is 1.75 bits per heavy atom. The van der Waals surface area contributed by atoms with Crippen molar-refractivity contribution in [1.29, 1.82) is 0 Å². The highest BCUT2D eigenvalue weighted by atomic mass is 32.2. The van der Waals surface area contributed by atoms with Crippen LogP contribution in [0, 0.1) is 0 Å². The highest BCUT2D eigenvalue weighted by molar-refractivity contribution is 8.02. The van der Waals surface area contributed by atoms with Crippen LogP contribution >= 0.6 is 23.5 Å². The molecule has 32 heavy (non-hydrogen) atoms. The normalized spacial score (nSPS) is 12.1. The van der Waals surface area contributed by atoms with Crippen molar-refractivity contribution in [3.63, 3.8) is 0 Å². The van der Waals surface area contributed by atoms with E-state index in [1.807, 2.05) is 78.4 Å². The van der Waals surface area contributed by atoms with Crippen LogP contribution < -0.4 is 5.32 Å². The number of hydrogen-bond donors (Lipinski definition) is 1. The van der Waals surface area contributed by atoms with Crippen LogP contribution in [0.4, 0.5) is 0 Å². The van der Waals surface area contributed by atoms with Crippen LogP contribution in [0.1, 0.15) is 10.4 Å². The average Bonchev–Trinajstić information content (AvgIpc) is 2.86. The molecule has 5 nitrogen and oxygen atoms in total. The van der Waals surface area contributed by atoms with E-state index in [4.69, 9.17) is 4.74 Å². The second-order valence-electron chi connectivity index (χ2n) is 6.75. The van der Waals surface area contributed by atoms with Gasteiger partial charge in [0.1, 0.15) is 5.03 Å². The molecule has 0 bridgehead atoms. The van der Waals surface area contributed by atoms with Crippen LogP contribution in [0.25, 0.3) is 11.1 Å². The van der Waals surface area contributed by atoms with E-state index in [2.05, 4.69) is 10.3 Å². The highest BCUT2D eigenvalue weighted by Crippen LogP contribution is 2.25. The van der Waals surface area contributed by atoms with Gasteiger partial charge in [0.2, 0.25) is 0 Å².